The average Bonchev–Trinajstić information content (AvgIpc) is 3.59. The summed E-state index contributed by atoms with van der Waals surface area (Å²) in [6.07, 6.45) is 7.39. The second-order valence-electron chi connectivity index (χ2n) is 9.14. The minimum atomic E-state index is -0.0962. The summed E-state index contributed by atoms with van der Waals surface area (Å²) in [5.41, 5.74) is 8.86. The fourth-order valence-corrected chi connectivity index (χ4v) is 4.44. The first kappa shape index (κ1) is 24.9. The molecule has 8 nitrogen and oxygen atoms in total. The van der Waals surface area contributed by atoms with E-state index in [0.717, 1.165) is 42.1 Å². The third-order valence-corrected chi connectivity index (χ3v) is 7.34. The number of halogens is 1. The molecule has 1 amide bonds. The van der Waals surface area contributed by atoms with Crippen molar-refractivity contribution in [2.75, 3.05) is 32.2 Å². The first-order valence-corrected chi connectivity index (χ1v) is 12.9. The number of anilines is 1. The van der Waals surface area contributed by atoms with Crippen LogP contribution in [-0.2, 0) is 9.47 Å². The Labute approximate surface area is 208 Å². The molecule has 0 unspecified atom stereocenters. The van der Waals surface area contributed by atoms with E-state index < -0.39 is 0 Å². The number of aryl methyl sites for hydroxylation is 1. The summed E-state index contributed by atoms with van der Waals surface area (Å²) in [5.74, 6) is 0.0984. The van der Waals surface area contributed by atoms with Crippen LogP contribution < -0.4 is 11.1 Å². The third-order valence-electron chi connectivity index (χ3n) is 6.42. The molecule has 1 aromatic carbocycles. The number of imidazole rings is 1. The number of nitrogens with zero attached hydrogens (tertiary/aromatic N) is 2. The molecule has 2 aliphatic heterocycles. The van der Waals surface area contributed by atoms with Gasteiger partial charge in [0.05, 0.1) is 5.69 Å². The van der Waals surface area contributed by atoms with E-state index >= 15 is 0 Å². The molecule has 184 valence electrons. The molecule has 3 aliphatic rings. The number of aromatic nitrogens is 2. The van der Waals surface area contributed by atoms with Crippen LogP contribution in [-0.4, -0.2) is 58.5 Å². The lowest BCUT2D eigenvalue weighted by molar-refractivity contribution is 0.0542. The Morgan fingerprint density at radius 3 is 2.29 bits per heavy atom. The SMILES string of the molecule is BrC1CCOCC1.Cc1ccc(C(=O)NC2CC2)cc1-n1cnc(C(=O)C2CCOCC2)c1N. The minimum absolute atomic E-state index is 0.0326. The lowest BCUT2D eigenvalue weighted by Gasteiger charge is -2.20. The standard InChI is InChI=1S/C20H24N4O3.C5H9BrO/c1-12-2-3-14(20(26)23-15-4-5-15)10-16(12)24-11-22-17(19(24)21)18(25)13-6-8-27-9-7-13;6-5-1-3-7-4-2-5/h2-3,10-11,13,15H,4-9,21H2,1H3,(H,23,26);5H,1-4H2. The number of rotatable bonds is 5. The van der Waals surface area contributed by atoms with E-state index in [1.54, 1.807) is 23.0 Å². The summed E-state index contributed by atoms with van der Waals surface area (Å²) in [6, 6.07) is 5.78. The van der Waals surface area contributed by atoms with Gasteiger partial charge in [-0.05, 0) is 63.1 Å². The van der Waals surface area contributed by atoms with Crippen molar-refractivity contribution in [2.45, 2.75) is 56.3 Å². The van der Waals surface area contributed by atoms with Crippen molar-refractivity contribution in [2.24, 2.45) is 5.92 Å². The molecule has 0 bridgehead atoms. The van der Waals surface area contributed by atoms with Gasteiger partial charge in [-0.15, -0.1) is 0 Å². The first-order valence-electron chi connectivity index (χ1n) is 12.0. The molecular weight excluding hydrogens is 500 g/mol. The Bertz CT molecular complexity index is 1010. The highest BCUT2D eigenvalue weighted by atomic mass is 79.9. The monoisotopic (exact) mass is 532 g/mol. The molecule has 5 rings (SSSR count). The molecule has 34 heavy (non-hydrogen) atoms. The number of ketones is 1. The lowest BCUT2D eigenvalue weighted by Crippen LogP contribution is -2.25. The van der Waals surface area contributed by atoms with Gasteiger partial charge in [0.15, 0.2) is 5.78 Å². The number of benzene rings is 1. The van der Waals surface area contributed by atoms with Gasteiger partial charge in [0, 0.05) is 48.8 Å². The van der Waals surface area contributed by atoms with Crippen molar-refractivity contribution >= 4 is 33.4 Å². The molecule has 2 aromatic rings. The second-order valence-corrected chi connectivity index (χ2v) is 10.4. The molecule has 3 N–H and O–H groups in total. The Balaban J connectivity index is 0.000000336. The van der Waals surface area contributed by atoms with Gasteiger partial charge < -0.3 is 20.5 Å². The van der Waals surface area contributed by atoms with E-state index in [-0.39, 0.29) is 17.6 Å². The highest BCUT2D eigenvalue weighted by molar-refractivity contribution is 9.09. The van der Waals surface area contributed by atoms with E-state index in [0.29, 0.717) is 49.2 Å². The fourth-order valence-electron chi connectivity index (χ4n) is 4.07. The number of ether oxygens (including phenoxy) is 2. The van der Waals surface area contributed by atoms with Gasteiger partial charge in [-0.2, -0.15) is 0 Å². The Morgan fingerprint density at radius 2 is 1.71 bits per heavy atom. The van der Waals surface area contributed by atoms with Crippen LogP contribution in [0.3, 0.4) is 0 Å². The zero-order valence-corrected chi connectivity index (χ0v) is 21.2. The number of carbonyl (C=O) groups is 2. The van der Waals surface area contributed by atoms with Crippen LogP contribution in [0.1, 0.15) is 64.9 Å². The molecule has 3 heterocycles. The van der Waals surface area contributed by atoms with Crippen molar-refractivity contribution in [3.63, 3.8) is 0 Å². The summed E-state index contributed by atoms with van der Waals surface area (Å²) >= 11 is 3.51. The highest BCUT2D eigenvalue weighted by Crippen LogP contribution is 2.27. The predicted molar refractivity (Wildman–Crippen MR) is 134 cm³/mol. The number of carbonyl (C=O) groups excluding carboxylic acids is 2. The maximum Gasteiger partial charge on any atom is 0.251 e. The third kappa shape index (κ3) is 6.25. The van der Waals surface area contributed by atoms with E-state index in [1.807, 2.05) is 13.0 Å². The lowest BCUT2D eigenvalue weighted by atomic mass is 9.93. The summed E-state index contributed by atoms with van der Waals surface area (Å²) in [7, 11) is 0. The molecule has 1 aromatic heterocycles. The number of nitrogens with two attached hydrogens (primary N) is 1. The Morgan fingerprint density at radius 1 is 1.06 bits per heavy atom. The largest absolute Gasteiger partial charge is 0.383 e. The number of hydrogen-bond donors (Lipinski definition) is 2. The van der Waals surface area contributed by atoms with Crippen LogP contribution >= 0.6 is 15.9 Å². The smallest absolute Gasteiger partial charge is 0.251 e. The van der Waals surface area contributed by atoms with Crippen molar-refractivity contribution < 1.29 is 19.1 Å². The molecular formula is C25H33BrN4O4. The van der Waals surface area contributed by atoms with E-state index in [1.165, 1.54) is 12.8 Å². The van der Waals surface area contributed by atoms with Crippen LogP contribution in [0.2, 0.25) is 0 Å². The van der Waals surface area contributed by atoms with Crippen molar-refractivity contribution in [1.82, 2.24) is 14.9 Å². The maximum atomic E-state index is 12.8. The Hall–Kier alpha value is -2.23. The van der Waals surface area contributed by atoms with Crippen LogP contribution in [0.15, 0.2) is 24.5 Å². The van der Waals surface area contributed by atoms with Crippen LogP contribution in [0.25, 0.3) is 5.69 Å². The van der Waals surface area contributed by atoms with E-state index in [9.17, 15) is 9.59 Å². The first-order chi connectivity index (χ1) is 16.4. The van der Waals surface area contributed by atoms with Gasteiger partial charge in [0.2, 0.25) is 0 Å². The Kier molecular flexibility index (Phi) is 8.39. The minimum Gasteiger partial charge on any atom is -0.383 e. The van der Waals surface area contributed by atoms with Gasteiger partial charge >= 0.3 is 0 Å². The number of nitrogens with one attached hydrogen (secondary N) is 1. The summed E-state index contributed by atoms with van der Waals surface area (Å²) < 4.78 is 12.1. The fraction of sp³-hybridized carbons (Fsp3) is 0.560. The van der Waals surface area contributed by atoms with Gasteiger partial charge in [-0.3, -0.25) is 14.2 Å². The number of nitrogen functional groups attached to an aromatic ring is 1. The number of hydrogen-bond acceptors (Lipinski definition) is 6. The summed E-state index contributed by atoms with van der Waals surface area (Å²) in [4.78, 5) is 30.2. The van der Waals surface area contributed by atoms with E-state index in [4.69, 9.17) is 15.2 Å². The molecule has 0 spiro atoms. The quantitative estimate of drug-likeness (QED) is 0.447. The van der Waals surface area contributed by atoms with Crippen molar-refractivity contribution in [3.8, 4) is 5.69 Å². The molecule has 0 radical (unpaired) electrons. The molecule has 1 saturated carbocycles. The average molecular weight is 533 g/mol. The molecule has 1 aliphatic carbocycles. The number of amides is 1. The highest BCUT2D eigenvalue weighted by Gasteiger charge is 2.28. The van der Waals surface area contributed by atoms with Gasteiger partial charge in [-0.25, -0.2) is 4.98 Å². The van der Waals surface area contributed by atoms with Gasteiger partial charge in [0.25, 0.3) is 5.91 Å². The summed E-state index contributed by atoms with van der Waals surface area (Å²) in [5, 5.41) is 2.99. The number of alkyl halides is 1. The molecule has 3 fully saturated rings. The molecule has 0 atom stereocenters. The molecule has 9 heteroatoms. The molecule has 2 saturated heterocycles. The van der Waals surface area contributed by atoms with Gasteiger partial charge in [0.1, 0.15) is 17.8 Å². The van der Waals surface area contributed by atoms with Gasteiger partial charge in [-0.1, -0.05) is 22.0 Å². The predicted octanol–water partition coefficient (Wildman–Crippen LogP) is 3.82. The van der Waals surface area contributed by atoms with Crippen molar-refractivity contribution in [1.29, 1.82) is 0 Å². The normalized spacial score (nSPS) is 19.2. The van der Waals surface area contributed by atoms with E-state index in [2.05, 4.69) is 26.2 Å². The number of Topliss-reactive ketones (excluding diaryl/α,β-unsaturated/α-hetero) is 1. The summed E-state index contributed by atoms with van der Waals surface area (Å²) in [6.45, 7) is 5.01. The second kappa shape index (κ2) is 11.5. The topological polar surface area (TPSA) is 108 Å². The van der Waals surface area contributed by atoms with Crippen LogP contribution in [0.4, 0.5) is 5.82 Å². The zero-order valence-electron chi connectivity index (χ0n) is 19.6. The maximum absolute atomic E-state index is 12.8. The van der Waals surface area contributed by atoms with Crippen LogP contribution in [0.5, 0.6) is 0 Å². The van der Waals surface area contributed by atoms with Crippen LogP contribution in [0, 0.1) is 12.8 Å². The zero-order chi connectivity index (χ0) is 24.1. The van der Waals surface area contributed by atoms with Crippen molar-refractivity contribution in [3.05, 3.63) is 41.3 Å².